The second-order valence-corrected chi connectivity index (χ2v) is 6.69. The molecule has 0 bridgehead atoms. The molecule has 126 valence electrons. The van der Waals surface area contributed by atoms with E-state index in [1.165, 1.54) is 24.1 Å². The van der Waals surface area contributed by atoms with E-state index in [1.807, 2.05) is 18.2 Å². The zero-order chi connectivity index (χ0) is 16.9. The molecule has 1 fully saturated rings. The maximum Gasteiger partial charge on any atom is 0.247 e. The Bertz CT molecular complexity index is 729. The van der Waals surface area contributed by atoms with Gasteiger partial charge in [0.2, 0.25) is 5.91 Å². The Morgan fingerprint density at radius 2 is 2.04 bits per heavy atom. The van der Waals surface area contributed by atoms with Crippen molar-refractivity contribution in [2.24, 2.45) is 7.05 Å². The first-order chi connectivity index (χ1) is 11.6. The molecule has 1 atom stereocenters. The van der Waals surface area contributed by atoms with Gasteiger partial charge in [0.1, 0.15) is 0 Å². The van der Waals surface area contributed by atoms with Gasteiger partial charge in [0.15, 0.2) is 0 Å². The molecular formula is C21H26N2O. The summed E-state index contributed by atoms with van der Waals surface area (Å²) in [6.07, 6.45) is 10.2. The van der Waals surface area contributed by atoms with Crippen LogP contribution in [0.4, 0.5) is 0 Å². The highest BCUT2D eigenvalue weighted by molar-refractivity contribution is 5.92. The lowest BCUT2D eigenvalue weighted by molar-refractivity contribution is -0.128. The van der Waals surface area contributed by atoms with E-state index in [0.29, 0.717) is 0 Å². The largest absolute Gasteiger partial charge is 0.353 e. The van der Waals surface area contributed by atoms with E-state index >= 15 is 0 Å². The van der Waals surface area contributed by atoms with Crippen LogP contribution in [0.1, 0.15) is 48.5 Å². The van der Waals surface area contributed by atoms with Crippen LogP contribution < -0.4 is 0 Å². The van der Waals surface area contributed by atoms with Crippen LogP contribution in [0.2, 0.25) is 0 Å². The molecule has 0 aliphatic carbocycles. The zero-order valence-electron chi connectivity index (χ0n) is 14.6. The Morgan fingerprint density at radius 3 is 2.79 bits per heavy atom. The highest BCUT2D eigenvalue weighted by Gasteiger charge is 2.26. The topological polar surface area (TPSA) is 25.2 Å². The minimum Gasteiger partial charge on any atom is -0.353 e. The summed E-state index contributed by atoms with van der Waals surface area (Å²) < 4.78 is 2.14. The fourth-order valence-corrected chi connectivity index (χ4v) is 3.54. The van der Waals surface area contributed by atoms with Gasteiger partial charge in [0.05, 0.1) is 6.04 Å². The van der Waals surface area contributed by atoms with E-state index in [2.05, 4.69) is 53.9 Å². The molecule has 1 amide bonds. The predicted octanol–water partition coefficient (Wildman–Crippen LogP) is 4.49. The van der Waals surface area contributed by atoms with Crippen molar-refractivity contribution >= 4 is 12.0 Å². The fourth-order valence-electron chi connectivity index (χ4n) is 3.54. The average Bonchev–Trinajstić information content (AvgIpc) is 2.85. The maximum atomic E-state index is 12.9. The Hall–Kier alpha value is -2.29. The summed E-state index contributed by atoms with van der Waals surface area (Å²) >= 11 is 0. The molecule has 24 heavy (non-hydrogen) atoms. The lowest BCUT2D eigenvalue weighted by Crippen LogP contribution is -2.34. The van der Waals surface area contributed by atoms with Gasteiger partial charge in [0.25, 0.3) is 0 Å². The molecule has 1 aromatic carbocycles. The van der Waals surface area contributed by atoms with Crippen LogP contribution in [0.25, 0.3) is 6.08 Å². The normalized spacial score (nSPS) is 18.8. The average molecular weight is 322 g/mol. The molecule has 1 aliphatic rings. The molecule has 0 N–H and O–H groups in total. The number of hydrogen-bond acceptors (Lipinski definition) is 1. The highest BCUT2D eigenvalue weighted by atomic mass is 16.2. The van der Waals surface area contributed by atoms with Crippen molar-refractivity contribution < 1.29 is 4.79 Å². The van der Waals surface area contributed by atoms with Gasteiger partial charge >= 0.3 is 0 Å². The number of benzene rings is 1. The lowest BCUT2D eigenvalue weighted by Gasteiger charge is -2.29. The Kier molecular flexibility index (Phi) is 5.19. The summed E-state index contributed by atoms with van der Waals surface area (Å²) in [6.45, 7) is 2.91. The van der Waals surface area contributed by atoms with E-state index in [1.54, 1.807) is 6.08 Å². The maximum absolute atomic E-state index is 12.9. The van der Waals surface area contributed by atoms with Crippen LogP contribution in [-0.4, -0.2) is 21.9 Å². The van der Waals surface area contributed by atoms with Crippen LogP contribution in [0.3, 0.4) is 0 Å². The van der Waals surface area contributed by atoms with Crippen LogP contribution in [0, 0.1) is 6.92 Å². The van der Waals surface area contributed by atoms with Crippen molar-refractivity contribution in [2.75, 3.05) is 6.54 Å². The number of amides is 1. The van der Waals surface area contributed by atoms with Gasteiger partial charge in [0, 0.05) is 31.6 Å². The molecule has 2 aromatic rings. The van der Waals surface area contributed by atoms with Crippen molar-refractivity contribution in [3.8, 4) is 0 Å². The number of aromatic nitrogens is 1. The first kappa shape index (κ1) is 16.6. The van der Waals surface area contributed by atoms with Crippen molar-refractivity contribution in [3.63, 3.8) is 0 Å². The monoisotopic (exact) mass is 322 g/mol. The molecule has 3 nitrogen and oxygen atoms in total. The summed E-state index contributed by atoms with van der Waals surface area (Å²) in [5, 5.41) is 0. The third kappa shape index (κ3) is 3.78. The number of carbonyl (C=O) groups is 1. The minimum absolute atomic E-state index is 0.115. The summed E-state index contributed by atoms with van der Waals surface area (Å²) in [5.74, 6) is 0.115. The molecule has 1 aromatic heterocycles. The quantitative estimate of drug-likeness (QED) is 0.764. The van der Waals surface area contributed by atoms with Gasteiger partial charge in [-0.1, -0.05) is 42.7 Å². The van der Waals surface area contributed by atoms with E-state index in [9.17, 15) is 4.79 Å². The van der Waals surface area contributed by atoms with E-state index in [0.717, 1.165) is 24.9 Å². The van der Waals surface area contributed by atoms with E-state index in [-0.39, 0.29) is 11.9 Å². The number of rotatable bonds is 3. The Morgan fingerprint density at radius 1 is 1.17 bits per heavy atom. The van der Waals surface area contributed by atoms with E-state index < -0.39 is 0 Å². The zero-order valence-corrected chi connectivity index (χ0v) is 14.6. The van der Waals surface area contributed by atoms with Crippen molar-refractivity contribution in [1.82, 2.24) is 9.47 Å². The van der Waals surface area contributed by atoms with Gasteiger partial charge in [-0.2, -0.15) is 0 Å². The molecule has 2 heterocycles. The van der Waals surface area contributed by atoms with Gasteiger partial charge in [-0.15, -0.1) is 0 Å². The number of aryl methyl sites for hydroxylation is 2. The summed E-state index contributed by atoms with van der Waals surface area (Å²) in [5.41, 5.74) is 3.52. The second-order valence-electron chi connectivity index (χ2n) is 6.69. The molecule has 1 unspecified atom stereocenters. The van der Waals surface area contributed by atoms with Gasteiger partial charge in [-0.25, -0.2) is 0 Å². The predicted molar refractivity (Wildman–Crippen MR) is 98.5 cm³/mol. The van der Waals surface area contributed by atoms with Crippen LogP contribution in [0.15, 0.2) is 48.7 Å². The number of carbonyl (C=O) groups excluding carboxylic acids is 1. The lowest BCUT2D eigenvalue weighted by atomic mass is 10.1. The van der Waals surface area contributed by atoms with Crippen molar-refractivity contribution in [1.29, 1.82) is 0 Å². The molecule has 1 aliphatic heterocycles. The minimum atomic E-state index is 0.115. The molecule has 0 saturated carbocycles. The number of hydrogen-bond donors (Lipinski definition) is 0. The van der Waals surface area contributed by atoms with Gasteiger partial charge in [-0.05, 0) is 43.5 Å². The Labute approximate surface area is 144 Å². The van der Waals surface area contributed by atoms with Crippen molar-refractivity contribution in [3.05, 3.63) is 65.5 Å². The summed E-state index contributed by atoms with van der Waals surface area (Å²) in [7, 11) is 2.06. The number of nitrogens with zero attached hydrogens (tertiary/aromatic N) is 2. The van der Waals surface area contributed by atoms with Crippen LogP contribution >= 0.6 is 0 Å². The second kappa shape index (κ2) is 7.52. The third-order valence-corrected chi connectivity index (χ3v) is 4.82. The summed E-state index contributed by atoms with van der Waals surface area (Å²) in [4.78, 5) is 14.9. The van der Waals surface area contributed by atoms with Gasteiger partial charge < -0.3 is 9.47 Å². The smallest absolute Gasteiger partial charge is 0.247 e. The summed E-state index contributed by atoms with van der Waals surface area (Å²) in [6, 6.07) is 12.6. The third-order valence-electron chi connectivity index (χ3n) is 4.82. The Balaban J connectivity index is 1.81. The molecule has 3 heteroatoms. The molecule has 0 spiro atoms. The highest BCUT2D eigenvalue weighted by Crippen LogP contribution is 2.30. The fraction of sp³-hybridized carbons (Fsp3) is 0.381. The molecular weight excluding hydrogens is 296 g/mol. The number of likely N-dealkylation sites (tertiary alicyclic amines) is 1. The molecule has 0 radical (unpaired) electrons. The van der Waals surface area contributed by atoms with Crippen LogP contribution in [-0.2, 0) is 11.8 Å². The van der Waals surface area contributed by atoms with E-state index in [4.69, 9.17) is 0 Å². The van der Waals surface area contributed by atoms with Crippen LogP contribution in [0.5, 0.6) is 0 Å². The van der Waals surface area contributed by atoms with Gasteiger partial charge in [-0.3, -0.25) is 4.79 Å². The van der Waals surface area contributed by atoms with Crippen molar-refractivity contribution in [2.45, 2.75) is 38.6 Å². The SMILES string of the molecule is Cc1cccc(/C=C/C(=O)N2CCCCCC2c2cccn2C)c1. The molecule has 3 rings (SSSR count). The first-order valence-electron chi connectivity index (χ1n) is 8.82. The molecule has 1 saturated heterocycles. The first-order valence-corrected chi connectivity index (χ1v) is 8.82. The standard InChI is InChI=1S/C21H26N2O/c1-17-8-6-9-18(16-17)12-13-21(24)23-15-5-3-4-10-20(23)19-11-7-14-22(19)2/h6-9,11-14,16,20H,3-5,10,15H2,1-2H3/b13-12+.